The van der Waals surface area contributed by atoms with Crippen molar-refractivity contribution < 1.29 is 4.79 Å². The molecule has 1 aliphatic rings. The molecule has 6 heteroatoms. The zero-order valence-electron chi connectivity index (χ0n) is 13.6. The van der Waals surface area contributed by atoms with Crippen molar-refractivity contribution in [3.05, 3.63) is 40.4 Å². The van der Waals surface area contributed by atoms with Gasteiger partial charge in [-0.05, 0) is 26.3 Å². The number of piperazine rings is 1. The Morgan fingerprint density at radius 3 is 2.87 bits per heavy atom. The van der Waals surface area contributed by atoms with Crippen LogP contribution < -0.4 is 5.32 Å². The predicted molar refractivity (Wildman–Crippen MR) is 97.6 cm³/mol. The van der Waals surface area contributed by atoms with E-state index in [4.69, 9.17) is 0 Å². The lowest BCUT2D eigenvalue weighted by Crippen LogP contribution is -2.52. The average Bonchev–Trinajstić information content (AvgIpc) is 2.96. The molecule has 1 amide bonds. The summed E-state index contributed by atoms with van der Waals surface area (Å²) in [5, 5.41) is 6.10. The third-order valence-electron chi connectivity index (χ3n) is 4.10. The van der Waals surface area contributed by atoms with E-state index in [1.54, 1.807) is 11.3 Å². The molecule has 1 fully saturated rings. The van der Waals surface area contributed by atoms with Crippen molar-refractivity contribution in [3.8, 4) is 10.6 Å². The van der Waals surface area contributed by atoms with E-state index in [0.29, 0.717) is 5.69 Å². The van der Waals surface area contributed by atoms with Crippen LogP contribution in [0.1, 0.15) is 28.5 Å². The van der Waals surface area contributed by atoms with Gasteiger partial charge in [-0.2, -0.15) is 0 Å². The number of benzene rings is 1. The van der Waals surface area contributed by atoms with Gasteiger partial charge in [0.1, 0.15) is 10.7 Å². The van der Waals surface area contributed by atoms with Crippen molar-refractivity contribution in [3.63, 3.8) is 0 Å². The first-order valence-corrected chi connectivity index (χ1v) is 8.49. The summed E-state index contributed by atoms with van der Waals surface area (Å²) >= 11 is 1.54. The molecule has 2 heterocycles. The van der Waals surface area contributed by atoms with Gasteiger partial charge >= 0.3 is 0 Å². The molecule has 0 aliphatic carbocycles. The Balaban J connectivity index is 0.00000192. The van der Waals surface area contributed by atoms with Crippen molar-refractivity contribution in [1.29, 1.82) is 0 Å². The summed E-state index contributed by atoms with van der Waals surface area (Å²) in [4.78, 5) is 19.1. The molecule has 124 valence electrons. The fourth-order valence-electron chi connectivity index (χ4n) is 2.84. The molecule has 4 nitrogen and oxygen atoms in total. The standard InChI is InChI=1S/C17H21N3OS.ClH/c1-11-4-5-14(12(2)8-11)16-19-15(10-22-16)17(21)20-7-6-18-9-13(20)3;/h4-5,8,10,13,18H,6-7,9H2,1-3H3;1H/t13-;/m1./s1. The van der Waals surface area contributed by atoms with Gasteiger partial charge in [-0.15, -0.1) is 23.7 Å². The normalized spacial score (nSPS) is 17.7. The molecule has 3 rings (SSSR count). The molecule has 0 bridgehead atoms. The highest BCUT2D eigenvalue weighted by atomic mass is 35.5. The zero-order chi connectivity index (χ0) is 15.7. The van der Waals surface area contributed by atoms with Gasteiger partial charge < -0.3 is 10.2 Å². The lowest BCUT2D eigenvalue weighted by molar-refractivity contribution is 0.0650. The van der Waals surface area contributed by atoms with Crippen molar-refractivity contribution in [2.45, 2.75) is 26.8 Å². The number of carbonyl (C=O) groups excluding carboxylic acids is 1. The number of halogens is 1. The van der Waals surface area contributed by atoms with Crippen LogP contribution in [0.3, 0.4) is 0 Å². The van der Waals surface area contributed by atoms with Crippen LogP contribution in [0.25, 0.3) is 10.6 Å². The van der Waals surface area contributed by atoms with E-state index in [2.05, 4.69) is 49.3 Å². The third kappa shape index (κ3) is 3.74. The van der Waals surface area contributed by atoms with Crippen LogP contribution in [-0.2, 0) is 0 Å². The summed E-state index contributed by atoms with van der Waals surface area (Å²) in [6, 6.07) is 6.54. The van der Waals surface area contributed by atoms with Crippen LogP contribution in [-0.4, -0.2) is 41.5 Å². The molecule has 2 aromatic rings. The minimum atomic E-state index is 0. The fourth-order valence-corrected chi connectivity index (χ4v) is 3.72. The summed E-state index contributed by atoms with van der Waals surface area (Å²) in [7, 11) is 0. The number of nitrogens with one attached hydrogen (secondary N) is 1. The first-order chi connectivity index (χ1) is 10.6. The van der Waals surface area contributed by atoms with E-state index in [-0.39, 0.29) is 24.4 Å². The van der Waals surface area contributed by atoms with Gasteiger partial charge in [-0.1, -0.05) is 23.8 Å². The van der Waals surface area contributed by atoms with Crippen LogP contribution >= 0.6 is 23.7 Å². The minimum absolute atomic E-state index is 0. The van der Waals surface area contributed by atoms with E-state index >= 15 is 0 Å². The van der Waals surface area contributed by atoms with E-state index < -0.39 is 0 Å². The van der Waals surface area contributed by atoms with Crippen LogP contribution in [0.4, 0.5) is 0 Å². The highest BCUT2D eigenvalue weighted by molar-refractivity contribution is 7.13. The first-order valence-electron chi connectivity index (χ1n) is 7.61. The number of hydrogen-bond acceptors (Lipinski definition) is 4. The quantitative estimate of drug-likeness (QED) is 0.903. The molecule has 23 heavy (non-hydrogen) atoms. The Kier molecular flexibility index (Phi) is 5.79. The number of hydrogen-bond donors (Lipinski definition) is 1. The van der Waals surface area contributed by atoms with Gasteiger partial charge in [0.05, 0.1) is 0 Å². The number of thiazole rings is 1. The Morgan fingerprint density at radius 1 is 1.39 bits per heavy atom. The number of carbonyl (C=O) groups is 1. The third-order valence-corrected chi connectivity index (χ3v) is 4.97. The number of aromatic nitrogens is 1. The molecule has 1 atom stereocenters. The Labute approximate surface area is 147 Å². The number of aryl methyl sites for hydroxylation is 2. The minimum Gasteiger partial charge on any atom is -0.332 e. The molecule has 1 aromatic carbocycles. The highest BCUT2D eigenvalue weighted by Crippen LogP contribution is 2.28. The second-order valence-electron chi connectivity index (χ2n) is 5.91. The number of amides is 1. The Hall–Kier alpha value is -1.43. The van der Waals surface area contributed by atoms with Crippen molar-refractivity contribution in [2.75, 3.05) is 19.6 Å². The van der Waals surface area contributed by atoms with Crippen molar-refractivity contribution in [1.82, 2.24) is 15.2 Å². The van der Waals surface area contributed by atoms with Crippen LogP contribution in [0, 0.1) is 13.8 Å². The summed E-state index contributed by atoms with van der Waals surface area (Å²) in [6.45, 7) is 8.69. The number of nitrogens with zero attached hydrogens (tertiary/aromatic N) is 2. The van der Waals surface area contributed by atoms with Crippen molar-refractivity contribution in [2.24, 2.45) is 0 Å². The van der Waals surface area contributed by atoms with Crippen LogP contribution in [0.15, 0.2) is 23.6 Å². The van der Waals surface area contributed by atoms with Gasteiger partial charge in [-0.25, -0.2) is 4.98 Å². The molecule has 1 saturated heterocycles. The van der Waals surface area contributed by atoms with E-state index in [1.807, 2.05) is 10.3 Å². The summed E-state index contributed by atoms with van der Waals surface area (Å²) in [5.74, 6) is 0.0428. The Bertz CT molecular complexity index is 701. The molecule has 1 aromatic heterocycles. The molecule has 0 spiro atoms. The maximum absolute atomic E-state index is 12.6. The molecular weight excluding hydrogens is 330 g/mol. The molecule has 0 saturated carbocycles. The van der Waals surface area contributed by atoms with Gasteiger partial charge in [0.15, 0.2) is 0 Å². The molecule has 0 unspecified atom stereocenters. The topological polar surface area (TPSA) is 45.2 Å². The largest absolute Gasteiger partial charge is 0.332 e. The van der Waals surface area contributed by atoms with Gasteiger partial charge in [-0.3, -0.25) is 4.79 Å². The van der Waals surface area contributed by atoms with Crippen LogP contribution in [0.5, 0.6) is 0 Å². The van der Waals surface area contributed by atoms with E-state index in [9.17, 15) is 4.79 Å². The van der Waals surface area contributed by atoms with Gasteiger partial charge in [0.25, 0.3) is 5.91 Å². The molecule has 1 aliphatic heterocycles. The molecular formula is C17H22ClN3OS. The lowest BCUT2D eigenvalue weighted by atomic mass is 10.1. The smallest absolute Gasteiger partial charge is 0.273 e. The van der Waals surface area contributed by atoms with Crippen molar-refractivity contribution >= 4 is 29.7 Å². The molecule has 0 radical (unpaired) electrons. The second-order valence-corrected chi connectivity index (χ2v) is 6.77. The second kappa shape index (κ2) is 7.43. The summed E-state index contributed by atoms with van der Waals surface area (Å²) in [5.41, 5.74) is 4.12. The summed E-state index contributed by atoms with van der Waals surface area (Å²) in [6.07, 6.45) is 0. The van der Waals surface area contributed by atoms with E-state index in [0.717, 1.165) is 30.2 Å². The predicted octanol–water partition coefficient (Wildman–Crippen LogP) is 3.28. The maximum atomic E-state index is 12.6. The van der Waals surface area contributed by atoms with Crippen LogP contribution in [0.2, 0.25) is 0 Å². The average molecular weight is 352 g/mol. The zero-order valence-corrected chi connectivity index (χ0v) is 15.3. The van der Waals surface area contributed by atoms with E-state index in [1.165, 1.54) is 11.1 Å². The monoisotopic (exact) mass is 351 g/mol. The highest BCUT2D eigenvalue weighted by Gasteiger charge is 2.25. The summed E-state index contributed by atoms with van der Waals surface area (Å²) < 4.78 is 0. The van der Waals surface area contributed by atoms with Gasteiger partial charge in [0, 0.05) is 36.6 Å². The maximum Gasteiger partial charge on any atom is 0.273 e. The fraction of sp³-hybridized carbons (Fsp3) is 0.412. The lowest BCUT2D eigenvalue weighted by Gasteiger charge is -2.33. The Morgan fingerprint density at radius 2 is 2.17 bits per heavy atom. The number of rotatable bonds is 2. The first kappa shape index (κ1) is 17.9. The molecule has 1 N–H and O–H groups in total. The van der Waals surface area contributed by atoms with Gasteiger partial charge in [0.2, 0.25) is 0 Å². The SMILES string of the molecule is Cc1ccc(-c2nc(C(=O)N3CCNC[C@H]3C)cs2)c(C)c1.Cl.